The van der Waals surface area contributed by atoms with Gasteiger partial charge in [0.15, 0.2) is 0 Å². The van der Waals surface area contributed by atoms with Crippen LogP contribution in [-0.4, -0.2) is 45.5 Å². The third-order valence-electron chi connectivity index (χ3n) is 7.51. The van der Waals surface area contributed by atoms with E-state index in [1.54, 1.807) is 23.7 Å². The van der Waals surface area contributed by atoms with Crippen LogP contribution in [0.1, 0.15) is 67.3 Å². The highest BCUT2D eigenvalue weighted by Gasteiger charge is 2.30. The van der Waals surface area contributed by atoms with Crippen LogP contribution in [0.3, 0.4) is 0 Å². The lowest BCUT2D eigenvalue weighted by molar-refractivity contribution is -0.137. The minimum absolute atomic E-state index is 0.180. The van der Waals surface area contributed by atoms with Gasteiger partial charge in [-0.1, -0.05) is 24.6 Å². The first-order valence-corrected chi connectivity index (χ1v) is 15.3. The molecule has 0 radical (unpaired) electrons. The number of ether oxygens (including phenoxy) is 1. The predicted octanol–water partition coefficient (Wildman–Crippen LogP) is 7.66. The molecular weight excluding hydrogens is 589 g/mol. The maximum absolute atomic E-state index is 14.5. The van der Waals surface area contributed by atoms with E-state index < -0.39 is 17.3 Å². The molecule has 0 N–H and O–H groups in total. The van der Waals surface area contributed by atoms with E-state index >= 15 is 0 Å². The maximum atomic E-state index is 14.5. The predicted molar refractivity (Wildman–Crippen MR) is 166 cm³/mol. The summed E-state index contributed by atoms with van der Waals surface area (Å²) in [6, 6.07) is 8.08. The molecule has 11 heteroatoms. The van der Waals surface area contributed by atoms with Gasteiger partial charge in [0.25, 0.3) is 11.5 Å². The van der Waals surface area contributed by atoms with Crippen molar-refractivity contribution in [3.05, 3.63) is 86.4 Å². The molecule has 4 heterocycles. The summed E-state index contributed by atoms with van der Waals surface area (Å²) in [6.45, 7) is 6.99. The summed E-state index contributed by atoms with van der Waals surface area (Å²) in [5, 5.41) is 2.05. The molecule has 0 aliphatic carbocycles. The summed E-state index contributed by atoms with van der Waals surface area (Å²) in [4.78, 5) is 39.6. The van der Waals surface area contributed by atoms with Crippen LogP contribution in [0, 0.1) is 0 Å². The minimum Gasteiger partial charge on any atom is -0.495 e. The largest absolute Gasteiger partial charge is 0.495 e. The van der Waals surface area contributed by atoms with Crippen molar-refractivity contribution >= 4 is 23.3 Å². The number of pyridine rings is 2. The van der Waals surface area contributed by atoms with Crippen molar-refractivity contribution in [1.29, 1.82) is 0 Å². The first-order chi connectivity index (χ1) is 21.0. The number of thiazole rings is 1. The van der Waals surface area contributed by atoms with Gasteiger partial charge in [0.05, 0.1) is 52.8 Å². The fourth-order valence-corrected chi connectivity index (χ4v) is 6.11. The van der Waals surface area contributed by atoms with Crippen molar-refractivity contribution in [2.24, 2.45) is 0 Å². The molecule has 7 nitrogen and oxygen atoms in total. The number of nitrogens with zero attached hydrogens (tertiary/aromatic N) is 4. The number of alkyl halides is 3. The monoisotopic (exact) mass is 622 g/mol. The quantitative estimate of drug-likeness (QED) is 0.212. The number of piperidine rings is 1. The standard InChI is InChI=1S/C33H33F3N4O3S/c1-5-26-29(16-23(43-4)18-37-26)40-28(15-20(2)3)24(31(41)39-13-7-6-8-14-39)17-25(32(40)42)30-38-27(19-44-30)21-9-11-22(12-10-21)33(34,35)36/h9-12,15-19H,5-8,13-14H2,1-4H3. The highest BCUT2D eigenvalue weighted by molar-refractivity contribution is 7.13. The van der Waals surface area contributed by atoms with Gasteiger partial charge in [-0.05, 0) is 63.8 Å². The van der Waals surface area contributed by atoms with Crippen molar-refractivity contribution in [3.8, 4) is 33.3 Å². The topological polar surface area (TPSA) is 77.3 Å². The average Bonchev–Trinajstić information content (AvgIpc) is 3.51. The lowest BCUT2D eigenvalue weighted by Gasteiger charge is -2.28. The molecule has 4 aromatic rings. The normalized spacial score (nSPS) is 13.6. The van der Waals surface area contributed by atoms with Crippen LogP contribution in [0.2, 0.25) is 0 Å². The van der Waals surface area contributed by atoms with Gasteiger partial charge in [-0.15, -0.1) is 11.3 Å². The molecular formula is C33H33F3N4O3S. The second kappa shape index (κ2) is 12.8. The highest BCUT2D eigenvalue weighted by atomic mass is 32.1. The second-order valence-electron chi connectivity index (χ2n) is 10.9. The number of hydrogen-bond acceptors (Lipinski definition) is 6. The number of methoxy groups -OCH3 is 1. The van der Waals surface area contributed by atoms with E-state index in [0.717, 1.165) is 37.0 Å². The summed E-state index contributed by atoms with van der Waals surface area (Å²) in [5.41, 5.74) is 2.82. The molecule has 1 amide bonds. The van der Waals surface area contributed by atoms with Crippen LogP contribution >= 0.6 is 11.3 Å². The van der Waals surface area contributed by atoms with Gasteiger partial charge in [-0.3, -0.25) is 19.1 Å². The van der Waals surface area contributed by atoms with Gasteiger partial charge in [-0.2, -0.15) is 13.2 Å². The molecule has 1 fully saturated rings. The van der Waals surface area contributed by atoms with Crippen LogP contribution in [-0.2, 0) is 12.6 Å². The molecule has 3 aromatic heterocycles. The zero-order valence-electron chi connectivity index (χ0n) is 25.0. The Morgan fingerprint density at radius 1 is 1.09 bits per heavy atom. The molecule has 1 aliphatic heterocycles. The first-order valence-electron chi connectivity index (χ1n) is 14.4. The maximum Gasteiger partial charge on any atom is 0.416 e. The fourth-order valence-electron chi connectivity index (χ4n) is 5.28. The molecule has 230 valence electrons. The number of benzene rings is 1. The van der Waals surface area contributed by atoms with Gasteiger partial charge in [0.1, 0.15) is 10.8 Å². The molecule has 0 unspecified atom stereocenters. The van der Waals surface area contributed by atoms with Gasteiger partial charge in [0.2, 0.25) is 0 Å². The van der Waals surface area contributed by atoms with Gasteiger partial charge >= 0.3 is 6.18 Å². The zero-order chi connectivity index (χ0) is 31.6. The number of carbonyl (C=O) groups is 1. The van der Waals surface area contributed by atoms with Crippen molar-refractivity contribution in [2.45, 2.75) is 52.6 Å². The molecule has 44 heavy (non-hydrogen) atoms. The number of amides is 1. The summed E-state index contributed by atoms with van der Waals surface area (Å²) in [6.07, 6.45) is 2.35. The molecule has 0 spiro atoms. The minimum atomic E-state index is -4.45. The lowest BCUT2D eigenvalue weighted by atomic mass is 10.0. The van der Waals surface area contributed by atoms with Gasteiger partial charge < -0.3 is 9.64 Å². The molecule has 1 aromatic carbocycles. The number of halogens is 3. The molecule has 1 saturated heterocycles. The Morgan fingerprint density at radius 3 is 2.41 bits per heavy atom. The lowest BCUT2D eigenvalue weighted by Crippen LogP contribution is -2.37. The number of hydrogen-bond donors (Lipinski definition) is 0. The van der Waals surface area contributed by atoms with Crippen molar-refractivity contribution in [3.63, 3.8) is 0 Å². The van der Waals surface area contributed by atoms with Gasteiger partial charge in [-0.25, -0.2) is 4.98 Å². The van der Waals surface area contributed by atoms with E-state index in [1.165, 1.54) is 35.1 Å². The number of aryl methyl sites for hydroxylation is 1. The smallest absolute Gasteiger partial charge is 0.416 e. The molecule has 1 aliphatic rings. The van der Waals surface area contributed by atoms with E-state index in [2.05, 4.69) is 9.97 Å². The zero-order valence-corrected chi connectivity index (χ0v) is 25.8. The Kier molecular flexibility index (Phi) is 9.05. The Labute approximate surface area is 257 Å². The Hall–Kier alpha value is -4.25. The average molecular weight is 623 g/mol. The van der Waals surface area contributed by atoms with E-state index in [9.17, 15) is 22.8 Å². The van der Waals surface area contributed by atoms with Crippen molar-refractivity contribution in [2.75, 3.05) is 20.2 Å². The third-order valence-corrected chi connectivity index (χ3v) is 8.39. The Balaban J connectivity index is 1.75. The van der Waals surface area contributed by atoms with Crippen LogP contribution < -0.4 is 10.3 Å². The van der Waals surface area contributed by atoms with Crippen LogP contribution in [0.15, 0.2) is 58.3 Å². The Morgan fingerprint density at radius 2 is 1.80 bits per heavy atom. The summed E-state index contributed by atoms with van der Waals surface area (Å²) in [7, 11) is 1.52. The molecule has 0 bridgehead atoms. The number of rotatable bonds is 7. The number of allylic oxidation sites excluding steroid dienone is 1. The highest BCUT2D eigenvalue weighted by Crippen LogP contribution is 2.34. The Bertz CT molecular complexity index is 1760. The second-order valence-corrected chi connectivity index (χ2v) is 11.7. The van der Waals surface area contributed by atoms with Crippen molar-refractivity contribution in [1.82, 2.24) is 19.4 Å². The SMILES string of the molecule is CCc1ncc(OC)cc1-n1c(C=C(C)C)c(C(=O)N2CCCCC2)cc(-c2nc(-c3ccc(C(F)(F)F)cc3)cs2)c1=O. The first kappa shape index (κ1) is 31.2. The summed E-state index contributed by atoms with van der Waals surface area (Å²) in [5.74, 6) is 0.279. The van der Waals surface area contributed by atoms with Crippen LogP contribution in [0.25, 0.3) is 33.6 Å². The van der Waals surface area contributed by atoms with E-state index in [0.29, 0.717) is 64.2 Å². The van der Waals surface area contributed by atoms with Gasteiger partial charge in [0, 0.05) is 30.1 Å². The fraction of sp³-hybridized carbons (Fsp3) is 0.333. The summed E-state index contributed by atoms with van der Waals surface area (Å²) >= 11 is 1.19. The molecule has 0 saturated carbocycles. The number of carbonyl (C=O) groups excluding carboxylic acids is 1. The number of aromatic nitrogens is 3. The molecule has 0 atom stereocenters. The summed E-state index contributed by atoms with van der Waals surface area (Å²) < 4.78 is 46.3. The van der Waals surface area contributed by atoms with Crippen molar-refractivity contribution < 1.29 is 22.7 Å². The molecule has 5 rings (SSSR count). The van der Waals surface area contributed by atoms with E-state index in [-0.39, 0.29) is 11.5 Å². The van der Waals surface area contributed by atoms with Crippen LogP contribution in [0.4, 0.5) is 13.2 Å². The third kappa shape index (κ3) is 6.33. The number of likely N-dealkylation sites (tertiary alicyclic amines) is 1. The van der Waals surface area contributed by atoms with E-state index in [1.807, 2.05) is 31.7 Å². The van der Waals surface area contributed by atoms with Crippen LogP contribution in [0.5, 0.6) is 5.75 Å². The van der Waals surface area contributed by atoms with E-state index in [4.69, 9.17) is 4.74 Å².